The lowest BCUT2D eigenvalue weighted by molar-refractivity contribution is 0.0459. The van der Waals surface area contributed by atoms with E-state index in [0.717, 1.165) is 5.92 Å². The van der Waals surface area contributed by atoms with Crippen LogP contribution in [0.5, 0.6) is 0 Å². The van der Waals surface area contributed by atoms with Crippen LogP contribution in [0.15, 0.2) is 42.5 Å². The van der Waals surface area contributed by atoms with Gasteiger partial charge in [0.05, 0.1) is 12.2 Å². The lowest BCUT2D eigenvalue weighted by atomic mass is 9.87. The van der Waals surface area contributed by atoms with Gasteiger partial charge in [0.2, 0.25) is 0 Å². The lowest BCUT2D eigenvalue weighted by Crippen LogP contribution is -2.09. The van der Waals surface area contributed by atoms with Gasteiger partial charge in [0.15, 0.2) is 0 Å². The van der Waals surface area contributed by atoms with E-state index in [2.05, 4.69) is 26.3 Å². The van der Waals surface area contributed by atoms with Crippen molar-refractivity contribution >= 4 is 5.97 Å². The number of carbonyl (C=O) groups is 1. The predicted molar refractivity (Wildman–Crippen MR) is 98.2 cm³/mol. The molecule has 126 valence electrons. The van der Waals surface area contributed by atoms with Crippen LogP contribution in [0.2, 0.25) is 0 Å². The highest BCUT2D eigenvalue weighted by atomic mass is 16.5. The van der Waals surface area contributed by atoms with Crippen LogP contribution in [0.1, 0.15) is 56.8 Å². The molecule has 0 bridgehead atoms. The number of rotatable bonds is 3. The van der Waals surface area contributed by atoms with Gasteiger partial charge in [-0.25, -0.2) is 4.79 Å². The number of hydrogen-bond acceptors (Lipinski definition) is 2. The first kappa shape index (κ1) is 21.0. The second-order valence-corrected chi connectivity index (χ2v) is 6.16. The van der Waals surface area contributed by atoms with Gasteiger partial charge in [0.1, 0.15) is 0 Å². The highest BCUT2D eigenvalue weighted by Gasteiger charge is 2.10. The van der Waals surface area contributed by atoms with Crippen LogP contribution in [0, 0.1) is 24.7 Å². The molecule has 0 amide bonds. The molecule has 1 aliphatic carbocycles. The molecule has 23 heavy (non-hydrogen) atoms. The molecule has 0 heterocycles. The summed E-state index contributed by atoms with van der Waals surface area (Å²) >= 11 is 0. The molecular formula is C21H30O2. The molecule has 1 aromatic carbocycles. The van der Waals surface area contributed by atoms with Crippen molar-refractivity contribution in [1.82, 2.24) is 0 Å². The van der Waals surface area contributed by atoms with Crippen molar-refractivity contribution in [1.29, 1.82) is 0 Å². The van der Waals surface area contributed by atoms with Crippen LogP contribution < -0.4 is 0 Å². The zero-order chi connectivity index (χ0) is 17.7. The number of carbonyl (C=O) groups excluding carboxylic acids is 1. The molecule has 0 aromatic heterocycles. The summed E-state index contributed by atoms with van der Waals surface area (Å²) in [6.07, 6.45) is 13.4. The number of ether oxygens (including phenoxy) is 1. The minimum atomic E-state index is -0.241. The van der Waals surface area contributed by atoms with E-state index >= 15 is 0 Å². The molecule has 1 aliphatic rings. The zero-order valence-corrected chi connectivity index (χ0v) is 14.8. The van der Waals surface area contributed by atoms with Gasteiger partial charge in [-0.2, -0.15) is 0 Å². The van der Waals surface area contributed by atoms with Gasteiger partial charge in [-0.05, 0) is 43.2 Å². The van der Waals surface area contributed by atoms with E-state index in [9.17, 15) is 4.79 Å². The summed E-state index contributed by atoms with van der Waals surface area (Å²) in [7, 11) is 0. The minimum absolute atomic E-state index is 0.241. The summed E-state index contributed by atoms with van der Waals surface area (Å²) in [5, 5.41) is 0. The van der Waals surface area contributed by atoms with Crippen molar-refractivity contribution in [2.75, 3.05) is 6.61 Å². The van der Waals surface area contributed by atoms with Gasteiger partial charge < -0.3 is 4.74 Å². The second-order valence-electron chi connectivity index (χ2n) is 6.16. The standard InChI is InChI=1S/C11H14O2.C8H14.C2H2/c1-9(2)8-13-11(12)10-6-4-3-5-7-10;1-7-5-3-4-6-8(7)2;1-2/h3-7,9H,8H2,1-2H3;8H,1,3-6H2,2H3;1-2H. The first-order valence-electron chi connectivity index (χ1n) is 8.24. The number of esters is 1. The summed E-state index contributed by atoms with van der Waals surface area (Å²) in [6.45, 7) is 10.8. The van der Waals surface area contributed by atoms with Crippen molar-refractivity contribution < 1.29 is 9.53 Å². The Bertz CT molecular complexity index is 471. The number of allylic oxidation sites excluding steroid dienone is 1. The Morgan fingerprint density at radius 1 is 1.26 bits per heavy atom. The molecule has 0 radical (unpaired) electrons. The van der Waals surface area contributed by atoms with Gasteiger partial charge in [-0.3, -0.25) is 0 Å². The fourth-order valence-corrected chi connectivity index (χ4v) is 2.15. The molecule has 0 saturated heterocycles. The largest absolute Gasteiger partial charge is 0.462 e. The van der Waals surface area contributed by atoms with Crippen LogP contribution >= 0.6 is 0 Å². The zero-order valence-electron chi connectivity index (χ0n) is 14.8. The molecule has 1 aromatic rings. The third kappa shape index (κ3) is 9.58. The molecule has 0 N–H and O–H groups in total. The van der Waals surface area contributed by atoms with Crippen molar-refractivity contribution in [3.63, 3.8) is 0 Å². The first-order valence-corrected chi connectivity index (χ1v) is 8.24. The number of benzene rings is 1. The molecule has 2 heteroatoms. The molecule has 2 rings (SSSR count). The van der Waals surface area contributed by atoms with E-state index in [1.807, 2.05) is 32.0 Å². The Hall–Kier alpha value is -2.01. The molecule has 2 nitrogen and oxygen atoms in total. The van der Waals surface area contributed by atoms with Crippen molar-refractivity contribution in [3.05, 3.63) is 48.0 Å². The average molecular weight is 314 g/mol. The van der Waals surface area contributed by atoms with Crippen molar-refractivity contribution in [2.45, 2.75) is 46.5 Å². The fourth-order valence-electron chi connectivity index (χ4n) is 2.15. The molecule has 1 atom stereocenters. The summed E-state index contributed by atoms with van der Waals surface area (Å²) in [5.41, 5.74) is 2.08. The van der Waals surface area contributed by atoms with E-state index < -0.39 is 0 Å². The highest BCUT2D eigenvalue weighted by Crippen LogP contribution is 2.26. The number of hydrogen-bond donors (Lipinski definition) is 0. The van der Waals surface area contributed by atoms with Crippen LogP contribution in [-0.4, -0.2) is 12.6 Å². The van der Waals surface area contributed by atoms with Gasteiger partial charge in [0, 0.05) is 0 Å². The van der Waals surface area contributed by atoms with Gasteiger partial charge >= 0.3 is 5.97 Å². The van der Waals surface area contributed by atoms with E-state index in [4.69, 9.17) is 4.74 Å². The topological polar surface area (TPSA) is 26.3 Å². The van der Waals surface area contributed by atoms with Crippen LogP contribution in [-0.2, 0) is 4.74 Å². The fraction of sp³-hybridized carbons (Fsp3) is 0.476. The summed E-state index contributed by atoms with van der Waals surface area (Å²) in [4.78, 5) is 11.3. The minimum Gasteiger partial charge on any atom is -0.462 e. The number of terminal acetylenes is 1. The SMILES string of the molecule is C#C.C=C1CCCCC1C.CC(C)COC(=O)c1ccccc1. The van der Waals surface area contributed by atoms with Crippen molar-refractivity contribution in [2.24, 2.45) is 11.8 Å². The third-order valence-corrected chi connectivity index (χ3v) is 3.64. The normalized spacial score (nSPS) is 16.4. The Kier molecular flexibility index (Phi) is 11.4. The maximum absolute atomic E-state index is 11.3. The smallest absolute Gasteiger partial charge is 0.338 e. The predicted octanol–water partition coefficient (Wildman–Crippen LogP) is 5.50. The van der Waals surface area contributed by atoms with E-state index in [1.165, 1.54) is 31.3 Å². The Labute approximate surface area is 141 Å². The van der Waals surface area contributed by atoms with Crippen LogP contribution in [0.25, 0.3) is 0 Å². The van der Waals surface area contributed by atoms with E-state index in [0.29, 0.717) is 18.1 Å². The lowest BCUT2D eigenvalue weighted by Gasteiger charge is -2.19. The van der Waals surface area contributed by atoms with Gasteiger partial charge in [-0.1, -0.05) is 57.5 Å². The molecule has 1 unspecified atom stereocenters. The monoisotopic (exact) mass is 314 g/mol. The summed E-state index contributed by atoms with van der Waals surface area (Å²) in [6, 6.07) is 9.03. The summed E-state index contributed by atoms with van der Waals surface area (Å²) < 4.78 is 5.05. The van der Waals surface area contributed by atoms with E-state index in [-0.39, 0.29) is 5.97 Å². The maximum atomic E-state index is 11.3. The van der Waals surface area contributed by atoms with Crippen LogP contribution in [0.3, 0.4) is 0 Å². The molecule has 0 aliphatic heterocycles. The molecule has 1 fully saturated rings. The maximum Gasteiger partial charge on any atom is 0.338 e. The van der Waals surface area contributed by atoms with E-state index in [1.54, 1.807) is 12.1 Å². The highest BCUT2D eigenvalue weighted by molar-refractivity contribution is 5.89. The Morgan fingerprint density at radius 3 is 2.30 bits per heavy atom. The van der Waals surface area contributed by atoms with Gasteiger partial charge in [-0.15, -0.1) is 12.8 Å². The average Bonchev–Trinajstić information content (AvgIpc) is 2.58. The molecule has 0 spiro atoms. The summed E-state index contributed by atoms with van der Waals surface area (Å²) in [5.74, 6) is 0.950. The Balaban J connectivity index is 0.000000414. The quantitative estimate of drug-likeness (QED) is 0.418. The first-order chi connectivity index (χ1) is 11.0. The Morgan fingerprint density at radius 2 is 1.87 bits per heavy atom. The second kappa shape index (κ2) is 12.5. The van der Waals surface area contributed by atoms with Crippen molar-refractivity contribution in [3.8, 4) is 12.8 Å². The van der Waals surface area contributed by atoms with Gasteiger partial charge in [0.25, 0.3) is 0 Å². The molecular weight excluding hydrogens is 284 g/mol. The molecule has 1 saturated carbocycles. The third-order valence-electron chi connectivity index (χ3n) is 3.64. The van der Waals surface area contributed by atoms with Crippen LogP contribution in [0.4, 0.5) is 0 Å².